The summed E-state index contributed by atoms with van der Waals surface area (Å²) in [6.45, 7) is 14.2. The van der Waals surface area contributed by atoms with Gasteiger partial charge in [0.05, 0.1) is 35.5 Å². The lowest BCUT2D eigenvalue weighted by Gasteiger charge is -2.68. The van der Waals surface area contributed by atoms with Crippen molar-refractivity contribution in [1.82, 2.24) is 30.0 Å². The van der Waals surface area contributed by atoms with Gasteiger partial charge in [-0.25, -0.2) is 14.8 Å². The second kappa shape index (κ2) is 11.1. The molecule has 0 radical (unpaired) electrons. The minimum Gasteiger partial charge on any atom is -0.507 e. The summed E-state index contributed by atoms with van der Waals surface area (Å²) in [6, 6.07) is 10.1. The van der Waals surface area contributed by atoms with Crippen LogP contribution in [-0.2, 0) is 0 Å². The first-order chi connectivity index (χ1) is 22.6. The Labute approximate surface area is 275 Å². The molecule has 3 N–H and O–H groups in total. The number of fused-ring (bicyclic) bond motifs is 3. The summed E-state index contributed by atoms with van der Waals surface area (Å²) in [5.74, 6) is 1.72. The zero-order valence-corrected chi connectivity index (χ0v) is 27.4. The van der Waals surface area contributed by atoms with Crippen LogP contribution in [0, 0.1) is 10.8 Å². The van der Waals surface area contributed by atoms with Gasteiger partial charge in [0, 0.05) is 82.0 Å². The molecule has 47 heavy (non-hydrogen) atoms. The maximum absolute atomic E-state index is 11.8. The Morgan fingerprint density at radius 3 is 2.38 bits per heavy atom. The first kappa shape index (κ1) is 30.0. The van der Waals surface area contributed by atoms with E-state index < -0.39 is 6.09 Å². The van der Waals surface area contributed by atoms with Gasteiger partial charge in [-0.15, -0.1) is 10.2 Å². The molecule has 6 heterocycles. The molecule has 3 aromatic rings. The summed E-state index contributed by atoms with van der Waals surface area (Å²) < 4.78 is 0. The number of anilines is 4. The second-order valence-corrected chi connectivity index (χ2v) is 15.0. The van der Waals surface area contributed by atoms with Crippen LogP contribution in [-0.4, -0.2) is 123 Å². The van der Waals surface area contributed by atoms with Gasteiger partial charge in [0.25, 0.3) is 0 Å². The van der Waals surface area contributed by atoms with Gasteiger partial charge in [-0.05, 0) is 36.5 Å². The number of piperazine rings is 2. The number of phenols is 1. The van der Waals surface area contributed by atoms with Gasteiger partial charge in [-0.2, -0.15) is 0 Å². The number of carbonyl (C=O) groups is 1. The highest BCUT2D eigenvalue weighted by Crippen LogP contribution is 2.59. The summed E-state index contributed by atoms with van der Waals surface area (Å²) in [5, 5.41) is 32.3. The first-order valence-electron chi connectivity index (χ1n) is 16.8. The number of hydrogen-bond donors (Lipinski definition) is 3. The zero-order valence-electron chi connectivity index (χ0n) is 27.4. The molecular weight excluding hydrogens is 596 g/mol. The topological polar surface area (TPSA) is 137 Å². The Kier molecular flexibility index (Phi) is 7.08. The third kappa shape index (κ3) is 5.15. The number of nitrogens with one attached hydrogen (secondary N) is 1. The van der Waals surface area contributed by atoms with Crippen molar-refractivity contribution >= 4 is 29.2 Å². The molecule has 13 heteroatoms. The number of benzene rings is 1. The minimum atomic E-state index is -0.782. The predicted molar refractivity (Wildman–Crippen MR) is 180 cm³/mol. The lowest BCUT2D eigenvalue weighted by Crippen LogP contribution is -2.76. The molecule has 248 valence electrons. The lowest BCUT2D eigenvalue weighted by molar-refractivity contribution is -0.178. The quantitative estimate of drug-likeness (QED) is 0.385. The average Bonchev–Trinajstić information content (AvgIpc) is 3.03. The molecule has 0 bridgehead atoms. The molecule has 1 aliphatic carbocycles. The Bertz CT molecular complexity index is 1650. The first-order valence-corrected chi connectivity index (χ1v) is 16.8. The summed E-state index contributed by atoms with van der Waals surface area (Å²) in [6.07, 6.45) is 5.34. The molecule has 3 saturated heterocycles. The smallest absolute Gasteiger partial charge is 0.407 e. The van der Waals surface area contributed by atoms with E-state index in [2.05, 4.69) is 55.9 Å². The molecule has 4 aliphatic heterocycles. The SMILES string of the molecule is CC(C)(C)[C@@H]1N(C(=O)O)CC12CC(N1CCN(c3cnc(N4CCN5c6cc(-c7ccccc7O)nnc6NC[C@H]5C4)nc3)CC1)C2. The molecule has 5 aliphatic rings. The number of rotatable bonds is 4. The van der Waals surface area contributed by atoms with E-state index in [1.165, 1.54) is 0 Å². The van der Waals surface area contributed by atoms with Crippen molar-refractivity contribution in [3.63, 3.8) is 0 Å². The van der Waals surface area contributed by atoms with Crippen LogP contribution in [0.4, 0.5) is 27.9 Å². The van der Waals surface area contributed by atoms with Crippen LogP contribution in [0.1, 0.15) is 33.6 Å². The van der Waals surface area contributed by atoms with Gasteiger partial charge >= 0.3 is 6.09 Å². The summed E-state index contributed by atoms with van der Waals surface area (Å²) in [7, 11) is 0. The van der Waals surface area contributed by atoms with Gasteiger partial charge < -0.3 is 35.1 Å². The van der Waals surface area contributed by atoms with Crippen LogP contribution in [0.25, 0.3) is 11.3 Å². The van der Waals surface area contributed by atoms with Gasteiger partial charge in [0.15, 0.2) is 5.82 Å². The van der Waals surface area contributed by atoms with Crippen LogP contribution >= 0.6 is 0 Å². The van der Waals surface area contributed by atoms with E-state index in [-0.39, 0.29) is 28.7 Å². The maximum atomic E-state index is 11.8. The Balaban J connectivity index is 0.860. The fourth-order valence-electron chi connectivity index (χ4n) is 9.07. The van der Waals surface area contributed by atoms with Gasteiger partial charge in [-0.3, -0.25) is 4.90 Å². The zero-order chi connectivity index (χ0) is 32.5. The number of phenolic OH excluding ortho intramolecular Hbond substituents is 1. The molecule has 1 aromatic carbocycles. The normalized spacial score (nSPS) is 27.4. The van der Waals surface area contributed by atoms with Crippen LogP contribution in [0.3, 0.4) is 0 Å². The monoisotopic (exact) mass is 640 g/mol. The molecule has 1 spiro atoms. The van der Waals surface area contributed by atoms with Crippen LogP contribution < -0.4 is 20.0 Å². The molecule has 4 fully saturated rings. The highest BCUT2D eigenvalue weighted by atomic mass is 16.4. The predicted octanol–water partition coefficient (Wildman–Crippen LogP) is 3.44. The van der Waals surface area contributed by atoms with Crippen LogP contribution in [0.5, 0.6) is 5.75 Å². The largest absolute Gasteiger partial charge is 0.507 e. The van der Waals surface area contributed by atoms with Crippen molar-refractivity contribution in [3.05, 3.63) is 42.7 Å². The third-order valence-electron chi connectivity index (χ3n) is 11.1. The van der Waals surface area contributed by atoms with Crippen molar-refractivity contribution in [2.24, 2.45) is 10.8 Å². The number of hydrogen-bond acceptors (Lipinski definition) is 11. The van der Waals surface area contributed by atoms with E-state index in [9.17, 15) is 15.0 Å². The van der Waals surface area contributed by atoms with Crippen molar-refractivity contribution in [2.75, 3.05) is 78.9 Å². The summed E-state index contributed by atoms with van der Waals surface area (Å²) >= 11 is 0. The molecule has 8 rings (SSSR count). The molecule has 1 amide bonds. The second-order valence-electron chi connectivity index (χ2n) is 15.0. The number of nitrogens with zero attached hydrogens (tertiary/aromatic N) is 9. The number of likely N-dealkylation sites (tertiary alicyclic amines) is 1. The molecule has 13 nitrogen and oxygen atoms in total. The minimum absolute atomic E-state index is 0.0494. The van der Waals surface area contributed by atoms with Gasteiger partial charge in [0.1, 0.15) is 5.75 Å². The molecular formula is C34H44N10O3. The molecule has 0 unspecified atom stereocenters. The van der Waals surface area contributed by atoms with Crippen LogP contribution in [0.15, 0.2) is 42.7 Å². The van der Waals surface area contributed by atoms with E-state index in [0.29, 0.717) is 23.8 Å². The van der Waals surface area contributed by atoms with Gasteiger partial charge in [-0.1, -0.05) is 32.9 Å². The van der Waals surface area contributed by atoms with E-state index in [1.54, 1.807) is 17.0 Å². The lowest BCUT2D eigenvalue weighted by atomic mass is 9.50. The third-order valence-corrected chi connectivity index (χ3v) is 11.1. The van der Waals surface area contributed by atoms with Crippen molar-refractivity contribution in [3.8, 4) is 17.0 Å². The van der Waals surface area contributed by atoms with Crippen LogP contribution in [0.2, 0.25) is 0 Å². The van der Waals surface area contributed by atoms with Crippen molar-refractivity contribution in [1.29, 1.82) is 0 Å². The molecule has 2 atom stereocenters. The number of para-hydroxylation sites is 1. The molecule has 1 saturated carbocycles. The number of amides is 1. The standard InChI is InChI=1S/C34H44N10O3/c1-33(2,3)30-34(21-44(30)32(46)47)15-22(16-34)40-8-10-41(11-9-40)23-17-36-31(37-18-23)42-12-13-43-24(20-42)19-35-29-27(43)14-26(38-39-29)25-6-4-5-7-28(25)45/h4-7,14,17-18,22,24,30,45H,8-13,15-16,19-21H2,1-3H3,(H,35,39)(H,46,47)/t22?,24-,30-,34?/m0/s1. The van der Waals surface area contributed by atoms with Crippen molar-refractivity contribution in [2.45, 2.75) is 51.7 Å². The number of carboxylic acid groups (broad SMARTS) is 1. The Morgan fingerprint density at radius 2 is 1.68 bits per heavy atom. The highest BCUT2D eigenvalue weighted by molar-refractivity contribution is 5.76. The summed E-state index contributed by atoms with van der Waals surface area (Å²) in [5.41, 5.74) is 3.49. The van der Waals surface area contributed by atoms with Gasteiger partial charge in [0.2, 0.25) is 5.95 Å². The Hall–Kier alpha value is -4.39. The average molecular weight is 641 g/mol. The summed E-state index contributed by atoms with van der Waals surface area (Å²) in [4.78, 5) is 32.7. The van der Waals surface area contributed by atoms with E-state index >= 15 is 0 Å². The molecule has 2 aromatic heterocycles. The Morgan fingerprint density at radius 1 is 0.957 bits per heavy atom. The fraction of sp³-hybridized carbons (Fsp3) is 0.559. The highest BCUT2D eigenvalue weighted by Gasteiger charge is 2.64. The van der Waals surface area contributed by atoms with E-state index in [1.807, 2.05) is 30.6 Å². The van der Waals surface area contributed by atoms with Crippen molar-refractivity contribution < 1.29 is 15.0 Å². The van der Waals surface area contributed by atoms with E-state index in [4.69, 9.17) is 9.97 Å². The maximum Gasteiger partial charge on any atom is 0.407 e. The number of aromatic nitrogens is 4. The van der Waals surface area contributed by atoms with E-state index in [0.717, 1.165) is 88.3 Å². The fourth-order valence-corrected chi connectivity index (χ4v) is 9.07. The number of aromatic hydroxyl groups is 1.